The molecule has 0 saturated carbocycles. The monoisotopic (exact) mass is 399 g/mol. The van der Waals surface area contributed by atoms with Gasteiger partial charge in [-0.05, 0) is 36.2 Å². The van der Waals surface area contributed by atoms with Crippen LogP contribution >= 0.6 is 0 Å². The normalized spacial score (nSPS) is 11.0. The minimum atomic E-state index is -1.13. The number of aryl methyl sites for hydroxylation is 2. The van der Waals surface area contributed by atoms with Crippen LogP contribution in [0.15, 0.2) is 47.3 Å². The Bertz CT molecular complexity index is 1120. The van der Waals surface area contributed by atoms with Crippen molar-refractivity contribution < 1.29 is 19.1 Å². The smallest absolute Gasteiger partial charge is 0.329 e. The first-order chi connectivity index (χ1) is 13.9. The molecule has 0 spiro atoms. The van der Waals surface area contributed by atoms with Gasteiger partial charge >= 0.3 is 11.7 Å². The largest absolute Gasteiger partial charge is 0.481 e. The van der Waals surface area contributed by atoms with Crippen molar-refractivity contribution in [1.82, 2.24) is 9.13 Å². The molecule has 3 aromatic rings. The van der Waals surface area contributed by atoms with E-state index in [1.54, 1.807) is 9.13 Å². The fraction of sp³-hybridized carbons (Fsp3) is 0.286. The molecule has 0 aliphatic heterocycles. The van der Waals surface area contributed by atoms with Crippen molar-refractivity contribution >= 4 is 28.6 Å². The average Bonchev–Trinajstić information content (AvgIpc) is 2.94. The van der Waals surface area contributed by atoms with Gasteiger partial charge in [-0.25, -0.2) is 9.18 Å². The van der Waals surface area contributed by atoms with E-state index in [0.29, 0.717) is 6.54 Å². The number of nitrogens with one attached hydrogen (secondary N) is 1. The van der Waals surface area contributed by atoms with Crippen LogP contribution in [0, 0.1) is 5.82 Å². The number of imidazole rings is 1. The van der Waals surface area contributed by atoms with Crippen LogP contribution in [0.1, 0.15) is 25.3 Å². The van der Waals surface area contributed by atoms with Gasteiger partial charge in [0.15, 0.2) is 0 Å². The molecule has 0 atom stereocenters. The first-order valence-corrected chi connectivity index (χ1v) is 9.38. The highest BCUT2D eigenvalue weighted by Crippen LogP contribution is 2.17. The number of aromatic nitrogens is 2. The summed E-state index contributed by atoms with van der Waals surface area (Å²) in [6, 6.07) is 11.3. The highest BCUT2D eigenvalue weighted by molar-refractivity contribution is 5.90. The Morgan fingerprint density at radius 1 is 1.07 bits per heavy atom. The van der Waals surface area contributed by atoms with E-state index in [4.69, 9.17) is 5.11 Å². The zero-order chi connectivity index (χ0) is 21.0. The van der Waals surface area contributed by atoms with Crippen LogP contribution in [0.5, 0.6) is 0 Å². The molecule has 7 nitrogen and oxygen atoms in total. The van der Waals surface area contributed by atoms with Crippen LogP contribution in [-0.2, 0) is 29.1 Å². The van der Waals surface area contributed by atoms with E-state index in [1.165, 1.54) is 12.1 Å². The summed E-state index contributed by atoms with van der Waals surface area (Å²) in [4.78, 5) is 35.7. The highest BCUT2D eigenvalue weighted by Gasteiger charge is 2.14. The van der Waals surface area contributed by atoms with E-state index in [-0.39, 0.29) is 35.8 Å². The average molecular weight is 399 g/mol. The maximum Gasteiger partial charge on any atom is 0.329 e. The molecule has 2 N–H and O–H groups in total. The molecule has 0 aliphatic rings. The van der Waals surface area contributed by atoms with Crippen molar-refractivity contribution in [1.29, 1.82) is 0 Å². The molecule has 0 radical (unpaired) electrons. The number of rotatable bonds is 8. The number of hydrogen-bond acceptors (Lipinski definition) is 3. The number of para-hydroxylation sites is 2. The van der Waals surface area contributed by atoms with Crippen LogP contribution in [0.4, 0.5) is 10.1 Å². The molecule has 1 heterocycles. The Morgan fingerprint density at radius 3 is 2.31 bits per heavy atom. The Labute approximate surface area is 166 Å². The minimum Gasteiger partial charge on any atom is -0.481 e. The summed E-state index contributed by atoms with van der Waals surface area (Å²) in [6.07, 6.45) is 0.432. The number of carboxylic acid groups (broad SMARTS) is 1. The quantitative estimate of drug-likeness (QED) is 0.609. The predicted molar refractivity (Wildman–Crippen MR) is 107 cm³/mol. The SMILES string of the molecule is CCCn1c(=O)n(CCC(=O)Nc2ccc(CC(=O)O)c(F)c2)c2ccccc21. The number of aliphatic carboxylic acids is 1. The molecule has 0 fully saturated rings. The van der Waals surface area contributed by atoms with E-state index in [0.717, 1.165) is 23.5 Å². The molecule has 0 aliphatic carbocycles. The highest BCUT2D eigenvalue weighted by atomic mass is 19.1. The number of nitrogens with zero attached hydrogens (tertiary/aromatic N) is 2. The van der Waals surface area contributed by atoms with Gasteiger partial charge < -0.3 is 10.4 Å². The van der Waals surface area contributed by atoms with E-state index in [2.05, 4.69) is 5.32 Å². The maximum atomic E-state index is 14.0. The summed E-state index contributed by atoms with van der Waals surface area (Å²) in [5.41, 5.74) is 1.72. The number of fused-ring (bicyclic) bond motifs is 1. The lowest BCUT2D eigenvalue weighted by Gasteiger charge is -2.08. The zero-order valence-corrected chi connectivity index (χ0v) is 16.0. The van der Waals surface area contributed by atoms with Crippen LogP contribution in [-0.4, -0.2) is 26.1 Å². The van der Waals surface area contributed by atoms with Crippen molar-refractivity contribution in [3.8, 4) is 0 Å². The summed E-state index contributed by atoms with van der Waals surface area (Å²) < 4.78 is 17.2. The third-order valence-corrected chi connectivity index (χ3v) is 4.61. The number of amides is 1. The van der Waals surface area contributed by atoms with E-state index in [9.17, 15) is 18.8 Å². The van der Waals surface area contributed by atoms with Gasteiger partial charge in [0.1, 0.15) is 5.82 Å². The third-order valence-electron chi connectivity index (χ3n) is 4.61. The molecule has 152 valence electrons. The summed E-state index contributed by atoms with van der Waals surface area (Å²) in [5, 5.41) is 11.3. The fourth-order valence-electron chi connectivity index (χ4n) is 3.30. The van der Waals surface area contributed by atoms with Crippen molar-refractivity contribution in [2.24, 2.45) is 0 Å². The Kier molecular flexibility index (Phi) is 6.11. The molecule has 1 aromatic heterocycles. The molecule has 1 amide bonds. The lowest BCUT2D eigenvalue weighted by molar-refractivity contribution is -0.136. The van der Waals surface area contributed by atoms with Gasteiger partial charge in [0, 0.05) is 25.2 Å². The zero-order valence-electron chi connectivity index (χ0n) is 16.0. The summed E-state index contributed by atoms with van der Waals surface area (Å²) in [6.45, 7) is 2.79. The van der Waals surface area contributed by atoms with Crippen LogP contribution in [0.2, 0.25) is 0 Å². The Morgan fingerprint density at radius 2 is 1.72 bits per heavy atom. The molecular formula is C21H22FN3O4. The molecule has 0 unspecified atom stereocenters. The summed E-state index contributed by atoms with van der Waals surface area (Å²) in [7, 11) is 0. The molecular weight excluding hydrogens is 377 g/mol. The fourth-order valence-corrected chi connectivity index (χ4v) is 3.30. The van der Waals surface area contributed by atoms with Crippen molar-refractivity contribution in [3.63, 3.8) is 0 Å². The van der Waals surface area contributed by atoms with Crippen LogP contribution in [0.3, 0.4) is 0 Å². The lowest BCUT2D eigenvalue weighted by Crippen LogP contribution is -2.26. The Hall–Kier alpha value is -3.42. The second kappa shape index (κ2) is 8.72. The Balaban J connectivity index is 1.72. The van der Waals surface area contributed by atoms with Gasteiger partial charge in [-0.1, -0.05) is 25.1 Å². The van der Waals surface area contributed by atoms with E-state index >= 15 is 0 Å². The van der Waals surface area contributed by atoms with E-state index in [1.807, 2.05) is 31.2 Å². The van der Waals surface area contributed by atoms with Gasteiger partial charge in [-0.15, -0.1) is 0 Å². The number of anilines is 1. The van der Waals surface area contributed by atoms with Crippen LogP contribution < -0.4 is 11.0 Å². The van der Waals surface area contributed by atoms with Gasteiger partial charge in [-0.2, -0.15) is 0 Å². The van der Waals surface area contributed by atoms with Gasteiger partial charge in [-0.3, -0.25) is 18.7 Å². The van der Waals surface area contributed by atoms with Gasteiger partial charge in [0.05, 0.1) is 17.5 Å². The number of carbonyl (C=O) groups is 2. The first kappa shape index (κ1) is 20.3. The molecule has 29 heavy (non-hydrogen) atoms. The second-order valence-electron chi connectivity index (χ2n) is 6.75. The first-order valence-electron chi connectivity index (χ1n) is 9.38. The number of carboxylic acids is 1. The molecule has 3 rings (SSSR count). The summed E-state index contributed by atoms with van der Waals surface area (Å²) in [5.74, 6) is -2.19. The predicted octanol–water partition coefficient (Wildman–Crippen LogP) is 3.01. The number of hydrogen-bond donors (Lipinski definition) is 2. The molecule has 8 heteroatoms. The van der Waals surface area contributed by atoms with Crippen molar-refractivity contribution in [2.75, 3.05) is 5.32 Å². The van der Waals surface area contributed by atoms with Crippen molar-refractivity contribution in [3.05, 3.63) is 64.3 Å². The standard InChI is InChI=1S/C21H22FN3O4/c1-2-10-24-17-5-3-4-6-18(17)25(21(24)29)11-9-19(26)23-15-8-7-14(12-20(27)28)16(22)13-15/h3-8,13H,2,9-12H2,1H3,(H,23,26)(H,27,28). The number of benzene rings is 2. The van der Waals surface area contributed by atoms with Crippen LogP contribution in [0.25, 0.3) is 11.0 Å². The summed E-state index contributed by atoms with van der Waals surface area (Å²) >= 11 is 0. The molecule has 2 aromatic carbocycles. The third kappa shape index (κ3) is 4.53. The molecule has 0 saturated heterocycles. The number of carbonyl (C=O) groups excluding carboxylic acids is 1. The second-order valence-corrected chi connectivity index (χ2v) is 6.75. The number of halogens is 1. The topological polar surface area (TPSA) is 93.3 Å². The minimum absolute atomic E-state index is 0.0402. The van der Waals surface area contributed by atoms with Gasteiger partial charge in [0.25, 0.3) is 0 Å². The lowest BCUT2D eigenvalue weighted by atomic mass is 10.1. The maximum absolute atomic E-state index is 14.0. The van der Waals surface area contributed by atoms with E-state index < -0.39 is 18.2 Å². The van der Waals surface area contributed by atoms with Crippen molar-refractivity contribution in [2.45, 2.75) is 39.3 Å². The molecule has 0 bridgehead atoms. The van der Waals surface area contributed by atoms with Gasteiger partial charge in [0.2, 0.25) is 5.91 Å².